The Morgan fingerprint density at radius 3 is 2.37 bits per heavy atom. The molecule has 1 aromatic rings. The first-order chi connectivity index (χ1) is 9.24. The van der Waals surface area contributed by atoms with Gasteiger partial charge < -0.3 is 18.9 Å². The number of hydrogen-bond donors (Lipinski definition) is 1. The van der Waals surface area contributed by atoms with Gasteiger partial charge in [0.25, 0.3) is 0 Å². The molecule has 0 radical (unpaired) electrons. The van der Waals surface area contributed by atoms with E-state index < -0.39 is 0 Å². The number of esters is 1. The quantitative estimate of drug-likeness (QED) is 0.406. The van der Waals surface area contributed by atoms with Crippen molar-refractivity contribution in [2.75, 3.05) is 46.8 Å². The highest BCUT2D eigenvalue weighted by molar-refractivity contribution is 7.80. The summed E-state index contributed by atoms with van der Waals surface area (Å²) in [5, 5.41) is 1.79. The van der Waals surface area contributed by atoms with Crippen molar-refractivity contribution in [1.29, 1.82) is 0 Å². The minimum absolute atomic E-state index is 0.233. The highest BCUT2D eigenvalue weighted by atomic mass is 32.1. The molecule has 108 valence electrons. The molecular weight excluding hydrogens is 288 g/mol. The molecule has 0 unspecified atom stereocenters. The van der Waals surface area contributed by atoms with Crippen LogP contribution in [0, 0.1) is 0 Å². The lowest BCUT2D eigenvalue weighted by Crippen LogP contribution is -2.13. The molecule has 0 N–H and O–H groups in total. The van der Waals surface area contributed by atoms with Crippen LogP contribution in [0.15, 0.2) is 16.3 Å². The highest BCUT2D eigenvalue weighted by Gasteiger charge is 2.08. The van der Waals surface area contributed by atoms with Crippen LogP contribution in [-0.4, -0.2) is 52.7 Å². The Kier molecular flexibility index (Phi) is 8.85. The molecule has 0 aromatic carbocycles. The van der Waals surface area contributed by atoms with Gasteiger partial charge in [0.05, 0.1) is 33.0 Å². The van der Waals surface area contributed by atoms with Crippen LogP contribution in [0.3, 0.4) is 0 Å². The third-order valence-electron chi connectivity index (χ3n) is 2.05. The van der Waals surface area contributed by atoms with E-state index in [1.807, 2.05) is 0 Å². The van der Waals surface area contributed by atoms with Crippen molar-refractivity contribution in [3.8, 4) is 0 Å². The minimum atomic E-state index is -0.342. The minimum Gasteiger partial charge on any atom is -0.459 e. The van der Waals surface area contributed by atoms with Crippen molar-refractivity contribution in [3.05, 3.63) is 16.3 Å². The average molecular weight is 306 g/mol. The SMILES string of the molecule is COCCOCCOCCOC(=O)c1cc(S)cs1. The lowest BCUT2D eigenvalue weighted by Gasteiger charge is -2.06. The summed E-state index contributed by atoms with van der Waals surface area (Å²) in [4.78, 5) is 12.8. The van der Waals surface area contributed by atoms with Crippen molar-refractivity contribution >= 4 is 29.9 Å². The lowest BCUT2D eigenvalue weighted by molar-refractivity contribution is 0.00587. The van der Waals surface area contributed by atoms with Crippen molar-refractivity contribution in [2.24, 2.45) is 0 Å². The van der Waals surface area contributed by atoms with Crippen LogP contribution < -0.4 is 0 Å². The molecule has 0 aliphatic rings. The molecule has 0 fully saturated rings. The maximum Gasteiger partial charge on any atom is 0.348 e. The number of hydrogen-bond acceptors (Lipinski definition) is 7. The van der Waals surface area contributed by atoms with Crippen LogP contribution in [0.1, 0.15) is 9.67 Å². The number of carbonyl (C=O) groups is 1. The molecule has 0 amide bonds. The molecule has 1 rings (SSSR count). The van der Waals surface area contributed by atoms with Gasteiger partial charge in [-0.05, 0) is 6.07 Å². The Morgan fingerprint density at radius 2 is 1.79 bits per heavy atom. The van der Waals surface area contributed by atoms with E-state index in [1.165, 1.54) is 11.3 Å². The fourth-order valence-electron chi connectivity index (χ4n) is 1.16. The predicted octanol–water partition coefficient (Wildman–Crippen LogP) is 1.87. The molecule has 0 aliphatic carbocycles. The van der Waals surface area contributed by atoms with Gasteiger partial charge in [-0.1, -0.05) is 0 Å². The van der Waals surface area contributed by atoms with Crippen LogP contribution in [0.25, 0.3) is 0 Å². The fraction of sp³-hybridized carbons (Fsp3) is 0.583. The largest absolute Gasteiger partial charge is 0.459 e. The van der Waals surface area contributed by atoms with Crippen LogP contribution in [-0.2, 0) is 18.9 Å². The molecule has 0 atom stereocenters. The van der Waals surface area contributed by atoms with Gasteiger partial charge in [0.15, 0.2) is 0 Å². The van der Waals surface area contributed by atoms with E-state index >= 15 is 0 Å². The molecule has 1 heterocycles. The summed E-state index contributed by atoms with van der Waals surface area (Å²) >= 11 is 5.44. The Bertz CT molecular complexity index is 367. The van der Waals surface area contributed by atoms with Crippen molar-refractivity contribution in [2.45, 2.75) is 4.90 Å². The zero-order valence-corrected chi connectivity index (χ0v) is 12.5. The van der Waals surface area contributed by atoms with Gasteiger partial charge in [-0.25, -0.2) is 4.79 Å². The standard InChI is InChI=1S/C12H18O5S2/c1-14-2-3-15-4-5-16-6-7-17-12(13)11-8-10(18)9-19-11/h8-9,18H,2-7H2,1H3. The smallest absolute Gasteiger partial charge is 0.348 e. The average Bonchev–Trinajstić information content (AvgIpc) is 2.83. The van der Waals surface area contributed by atoms with E-state index in [0.717, 1.165) is 4.90 Å². The van der Waals surface area contributed by atoms with Crippen LogP contribution in [0.4, 0.5) is 0 Å². The van der Waals surface area contributed by atoms with Gasteiger partial charge >= 0.3 is 5.97 Å². The second kappa shape index (κ2) is 10.2. The Hall–Kier alpha value is -0.600. The third-order valence-corrected chi connectivity index (χ3v) is 3.39. The van der Waals surface area contributed by atoms with Gasteiger partial charge in [-0.15, -0.1) is 24.0 Å². The Balaban J connectivity index is 1.95. The summed E-state index contributed by atoms with van der Waals surface area (Å²) in [7, 11) is 1.62. The van der Waals surface area contributed by atoms with Crippen LogP contribution >= 0.6 is 24.0 Å². The predicted molar refractivity (Wildman–Crippen MR) is 75.4 cm³/mol. The highest BCUT2D eigenvalue weighted by Crippen LogP contribution is 2.18. The first-order valence-corrected chi connectivity index (χ1v) is 7.15. The maximum absolute atomic E-state index is 11.5. The molecular formula is C12H18O5S2. The molecule has 0 aliphatic heterocycles. The molecule has 7 heteroatoms. The third kappa shape index (κ3) is 7.54. The number of carbonyl (C=O) groups excluding carboxylic acids is 1. The van der Waals surface area contributed by atoms with E-state index in [0.29, 0.717) is 37.9 Å². The summed E-state index contributed by atoms with van der Waals surface area (Å²) < 4.78 is 20.3. The zero-order valence-electron chi connectivity index (χ0n) is 10.8. The number of thiophene rings is 1. The fourth-order valence-corrected chi connectivity index (χ4v) is 2.20. The lowest BCUT2D eigenvalue weighted by atomic mass is 10.5. The second-order valence-corrected chi connectivity index (χ2v) is 4.95. The molecule has 0 saturated heterocycles. The maximum atomic E-state index is 11.5. The molecule has 19 heavy (non-hydrogen) atoms. The first-order valence-electron chi connectivity index (χ1n) is 5.83. The number of ether oxygens (including phenoxy) is 4. The van der Waals surface area contributed by atoms with Gasteiger partial charge in [-0.2, -0.15) is 0 Å². The van der Waals surface area contributed by atoms with Crippen molar-refractivity contribution in [3.63, 3.8) is 0 Å². The van der Waals surface area contributed by atoms with E-state index in [-0.39, 0.29) is 12.6 Å². The molecule has 0 saturated carbocycles. The molecule has 0 spiro atoms. The van der Waals surface area contributed by atoms with Gasteiger partial charge in [0.2, 0.25) is 0 Å². The normalized spacial score (nSPS) is 10.6. The zero-order chi connectivity index (χ0) is 13.9. The monoisotopic (exact) mass is 306 g/mol. The van der Waals surface area contributed by atoms with E-state index in [9.17, 15) is 4.79 Å². The molecule has 1 aromatic heterocycles. The Labute approximate surface area is 122 Å². The summed E-state index contributed by atoms with van der Waals surface area (Å²) in [6, 6.07) is 1.68. The van der Waals surface area contributed by atoms with E-state index in [1.54, 1.807) is 18.6 Å². The number of thiol groups is 1. The number of methoxy groups -OCH3 is 1. The first kappa shape index (κ1) is 16.5. The molecule has 0 bridgehead atoms. The Morgan fingerprint density at radius 1 is 1.16 bits per heavy atom. The summed E-state index contributed by atoms with van der Waals surface area (Å²) in [5.74, 6) is -0.342. The van der Waals surface area contributed by atoms with Gasteiger partial charge in [-0.3, -0.25) is 0 Å². The van der Waals surface area contributed by atoms with Gasteiger partial charge in [0, 0.05) is 17.4 Å². The van der Waals surface area contributed by atoms with E-state index in [2.05, 4.69) is 12.6 Å². The molecule has 5 nitrogen and oxygen atoms in total. The summed E-state index contributed by atoms with van der Waals surface area (Å²) in [6.07, 6.45) is 0. The summed E-state index contributed by atoms with van der Waals surface area (Å²) in [5.41, 5.74) is 0. The topological polar surface area (TPSA) is 54.0 Å². The van der Waals surface area contributed by atoms with Crippen LogP contribution in [0.2, 0.25) is 0 Å². The summed E-state index contributed by atoms with van der Waals surface area (Å²) in [6.45, 7) is 2.70. The van der Waals surface area contributed by atoms with Crippen molar-refractivity contribution < 1.29 is 23.7 Å². The number of rotatable bonds is 10. The van der Waals surface area contributed by atoms with Crippen molar-refractivity contribution in [1.82, 2.24) is 0 Å². The van der Waals surface area contributed by atoms with Crippen LogP contribution in [0.5, 0.6) is 0 Å². The van der Waals surface area contributed by atoms with E-state index in [4.69, 9.17) is 18.9 Å². The second-order valence-electron chi connectivity index (χ2n) is 3.52. The van der Waals surface area contributed by atoms with Gasteiger partial charge in [0.1, 0.15) is 11.5 Å².